The fourth-order valence-electron chi connectivity index (χ4n) is 2.84. The van der Waals surface area contributed by atoms with Gasteiger partial charge in [0.1, 0.15) is 24.2 Å². The number of para-hydroxylation sites is 2. The minimum atomic E-state index is -0.477. The number of carbonyl (C=O) groups is 2. The highest BCUT2D eigenvalue weighted by Crippen LogP contribution is 2.32. The molecule has 0 radical (unpaired) electrons. The van der Waals surface area contributed by atoms with Gasteiger partial charge in [0.05, 0.1) is 27.4 Å². The monoisotopic (exact) mass is 427 g/mol. The molecule has 2 heterocycles. The molecule has 0 spiro atoms. The lowest BCUT2D eigenvalue weighted by atomic mass is 10.1. The molecule has 1 aliphatic rings. The molecule has 0 unspecified atom stereocenters. The van der Waals surface area contributed by atoms with Crippen LogP contribution in [0.15, 0.2) is 68.9 Å². The summed E-state index contributed by atoms with van der Waals surface area (Å²) < 4.78 is 11.0. The summed E-state index contributed by atoms with van der Waals surface area (Å²) in [7, 11) is 0. The zero-order valence-corrected chi connectivity index (χ0v) is 16.5. The maximum Gasteiger partial charge on any atom is 0.293 e. The van der Waals surface area contributed by atoms with Gasteiger partial charge in [0.25, 0.3) is 11.1 Å². The van der Waals surface area contributed by atoms with Crippen LogP contribution < -0.4 is 10.2 Å². The van der Waals surface area contributed by atoms with E-state index in [0.717, 1.165) is 16.7 Å². The summed E-state index contributed by atoms with van der Waals surface area (Å²) in [4.78, 5) is 38.7. The number of hydrogen-bond acceptors (Lipinski definition) is 6. The van der Waals surface area contributed by atoms with Crippen molar-refractivity contribution in [3.05, 3.63) is 80.5 Å². The number of benzene rings is 2. The third kappa shape index (κ3) is 3.92. The number of hydrogen-bond donors (Lipinski definition) is 0. The van der Waals surface area contributed by atoms with Gasteiger partial charge in [-0.25, -0.2) is 0 Å². The first kappa shape index (κ1) is 19.3. The van der Waals surface area contributed by atoms with Crippen molar-refractivity contribution in [2.24, 2.45) is 0 Å². The van der Waals surface area contributed by atoms with E-state index in [9.17, 15) is 14.4 Å². The number of thioether (sulfide) groups is 1. The summed E-state index contributed by atoms with van der Waals surface area (Å²) in [6, 6.07) is 13.8. The third-order valence-electron chi connectivity index (χ3n) is 4.28. The zero-order chi connectivity index (χ0) is 20.4. The van der Waals surface area contributed by atoms with Crippen LogP contribution in [0.2, 0.25) is 5.02 Å². The maximum atomic E-state index is 12.6. The van der Waals surface area contributed by atoms with Gasteiger partial charge in [-0.05, 0) is 42.1 Å². The van der Waals surface area contributed by atoms with E-state index in [1.807, 2.05) is 0 Å². The highest BCUT2D eigenvalue weighted by Gasteiger charge is 2.35. The molecule has 29 heavy (non-hydrogen) atoms. The zero-order valence-electron chi connectivity index (χ0n) is 15.0. The van der Waals surface area contributed by atoms with Gasteiger partial charge in [0, 0.05) is 0 Å². The van der Waals surface area contributed by atoms with Crippen LogP contribution in [0.25, 0.3) is 17.0 Å². The van der Waals surface area contributed by atoms with Crippen molar-refractivity contribution in [3.8, 4) is 5.75 Å². The number of rotatable bonds is 5. The Labute approximate surface area is 174 Å². The lowest BCUT2D eigenvalue weighted by Crippen LogP contribution is -2.32. The van der Waals surface area contributed by atoms with Crippen molar-refractivity contribution >= 4 is 51.6 Å². The molecule has 0 saturated carbocycles. The first-order valence-corrected chi connectivity index (χ1v) is 9.87. The summed E-state index contributed by atoms with van der Waals surface area (Å²) >= 11 is 6.80. The summed E-state index contributed by atoms with van der Waals surface area (Å²) in [5.41, 5.74) is 0.404. The SMILES string of the molecule is O=C1S/C(=C\c2coc3ccccc3c2=O)C(=O)N1CCOc1ccccc1Cl. The van der Waals surface area contributed by atoms with Crippen molar-refractivity contribution in [2.45, 2.75) is 0 Å². The van der Waals surface area contributed by atoms with E-state index >= 15 is 0 Å². The van der Waals surface area contributed by atoms with Crippen molar-refractivity contribution in [3.63, 3.8) is 0 Å². The molecule has 146 valence electrons. The van der Waals surface area contributed by atoms with Gasteiger partial charge >= 0.3 is 0 Å². The predicted molar refractivity (Wildman–Crippen MR) is 112 cm³/mol. The quantitative estimate of drug-likeness (QED) is 0.555. The van der Waals surface area contributed by atoms with Gasteiger partial charge < -0.3 is 9.15 Å². The van der Waals surface area contributed by atoms with Crippen LogP contribution in [0.5, 0.6) is 5.75 Å². The average Bonchev–Trinajstić information content (AvgIpc) is 2.99. The number of amides is 2. The highest BCUT2D eigenvalue weighted by molar-refractivity contribution is 8.18. The van der Waals surface area contributed by atoms with Crippen LogP contribution in [-0.4, -0.2) is 29.2 Å². The molecule has 8 heteroatoms. The van der Waals surface area contributed by atoms with Crippen LogP contribution in [0, 0.1) is 0 Å². The van der Waals surface area contributed by atoms with E-state index in [1.54, 1.807) is 48.5 Å². The molecule has 0 N–H and O–H groups in total. The molecule has 0 atom stereocenters. The third-order valence-corrected chi connectivity index (χ3v) is 5.50. The minimum absolute atomic E-state index is 0.0690. The molecule has 4 rings (SSSR count). The minimum Gasteiger partial charge on any atom is -0.490 e. The second kappa shape index (κ2) is 8.14. The molecule has 3 aromatic rings. The topological polar surface area (TPSA) is 76.8 Å². The van der Waals surface area contributed by atoms with E-state index in [2.05, 4.69) is 0 Å². The molecular formula is C21H14ClNO5S. The van der Waals surface area contributed by atoms with Gasteiger partial charge in [-0.3, -0.25) is 19.3 Å². The molecule has 1 aromatic heterocycles. The Morgan fingerprint density at radius 3 is 2.66 bits per heavy atom. The van der Waals surface area contributed by atoms with Gasteiger partial charge in [0.15, 0.2) is 5.43 Å². The fourth-order valence-corrected chi connectivity index (χ4v) is 3.88. The summed E-state index contributed by atoms with van der Waals surface area (Å²) in [5.74, 6) is 0.000712. The normalized spacial score (nSPS) is 15.5. The van der Waals surface area contributed by atoms with Crippen LogP contribution in [-0.2, 0) is 4.79 Å². The van der Waals surface area contributed by atoms with Crippen molar-refractivity contribution in [2.75, 3.05) is 13.2 Å². The van der Waals surface area contributed by atoms with E-state index in [-0.39, 0.29) is 29.0 Å². The largest absolute Gasteiger partial charge is 0.490 e. The van der Waals surface area contributed by atoms with Crippen molar-refractivity contribution in [1.82, 2.24) is 4.90 Å². The van der Waals surface area contributed by atoms with Gasteiger partial charge in [-0.1, -0.05) is 35.9 Å². The Kier molecular flexibility index (Phi) is 5.42. The molecule has 0 aliphatic carbocycles. The number of ether oxygens (including phenoxy) is 1. The molecule has 1 fully saturated rings. The predicted octanol–water partition coefficient (Wildman–Crippen LogP) is 4.56. The lowest BCUT2D eigenvalue weighted by Gasteiger charge is -2.13. The lowest BCUT2D eigenvalue weighted by molar-refractivity contribution is -0.123. The molecule has 6 nitrogen and oxygen atoms in total. The maximum absolute atomic E-state index is 12.6. The van der Waals surface area contributed by atoms with E-state index in [1.165, 1.54) is 12.3 Å². The van der Waals surface area contributed by atoms with Crippen LogP contribution in [0.3, 0.4) is 0 Å². The molecule has 1 saturated heterocycles. The summed E-state index contributed by atoms with van der Waals surface area (Å²) in [6.45, 7) is 0.173. The number of halogens is 1. The number of imide groups is 1. The first-order valence-electron chi connectivity index (χ1n) is 8.68. The smallest absolute Gasteiger partial charge is 0.293 e. The van der Waals surface area contributed by atoms with Gasteiger partial charge in [-0.2, -0.15) is 0 Å². The number of carbonyl (C=O) groups excluding carboxylic acids is 2. The van der Waals surface area contributed by atoms with Crippen molar-refractivity contribution < 1.29 is 18.7 Å². The molecule has 2 amide bonds. The highest BCUT2D eigenvalue weighted by atomic mass is 35.5. The Morgan fingerprint density at radius 1 is 1.07 bits per heavy atom. The van der Waals surface area contributed by atoms with Crippen LogP contribution in [0.4, 0.5) is 4.79 Å². The standard InChI is InChI=1S/C21H14ClNO5S/c22-15-6-2-4-8-17(15)27-10-9-23-20(25)18(29-21(23)26)11-13-12-28-16-7-3-1-5-14(16)19(13)24/h1-8,11-12H,9-10H2/b18-11-. The van der Waals surface area contributed by atoms with E-state index in [0.29, 0.717) is 21.7 Å². The first-order chi connectivity index (χ1) is 14.0. The summed E-state index contributed by atoms with van der Waals surface area (Å²) in [5, 5.41) is 0.437. The molecule has 1 aliphatic heterocycles. The van der Waals surface area contributed by atoms with Crippen molar-refractivity contribution in [1.29, 1.82) is 0 Å². The Bertz CT molecular complexity index is 1200. The van der Waals surface area contributed by atoms with Gasteiger partial charge in [-0.15, -0.1) is 0 Å². The molecule has 0 bridgehead atoms. The van der Waals surface area contributed by atoms with E-state index < -0.39 is 11.1 Å². The van der Waals surface area contributed by atoms with Gasteiger partial charge in [0.2, 0.25) is 0 Å². The number of fused-ring (bicyclic) bond motifs is 1. The van der Waals surface area contributed by atoms with Crippen LogP contribution in [0.1, 0.15) is 5.56 Å². The van der Waals surface area contributed by atoms with Crippen LogP contribution >= 0.6 is 23.4 Å². The molecular weight excluding hydrogens is 414 g/mol. The number of nitrogens with zero attached hydrogens (tertiary/aromatic N) is 1. The molecule has 2 aromatic carbocycles. The second-order valence-electron chi connectivity index (χ2n) is 6.13. The fraction of sp³-hybridized carbons (Fsp3) is 0.0952. The Morgan fingerprint density at radius 2 is 1.83 bits per heavy atom. The Hall–Kier alpha value is -3.03. The average molecular weight is 428 g/mol. The Balaban J connectivity index is 1.50. The second-order valence-corrected chi connectivity index (χ2v) is 7.53. The summed E-state index contributed by atoms with van der Waals surface area (Å²) in [6.07, 6.45) is 2.68. The van der Waals surface area contributed by atoms with E-state index in [4.69, 9.17) is 20.8 Å².